The van der Waals surface area contributed by atoms with E-state index in [1.165, 1.54) is 56.0 Å². The van der Waals surface area contributed by atoms with Crippen molar-refractivity contribution in [1.82, 2.24) is 15.5 Å². The summed E-state index contributed by atoms with van der Waals surface area (Å²) in [6.45, 7) is 2.30. The van der Waals surface area contributed by atoms with Crippen LogP contribution in [0.4, 0.5) is 5.69 Å². The summed E-state index contributed by atoms with van der Waals surface area (Å²) < 4.78 is 0. The van der Waals surface area contributed by atoms with Crippen LogP contribution in [0.25, 0.3) is 11.3 Å². The van der Waals surface area contributed by atoms with Gasteiger partial charge in [0.1, 0.15) is 5.03 Å². The fourth-order valence-electron chi connectivity index (χ4n) is 4.20. The highest BCUT2D eigenvalue weighted by molar-refractivity contribution is 7.99. The number of carbonyl (C=O) groups excluding carboxylic acids is 1. The lowest BCUT2D eigenvalue weighted by atomic mass is 9.95. The third kappa shape index (κ3) is 5.72. The molecule has 1 saturated heterocycles. The van der Waals surface area contributed by atoms with Gasteiger partial charge in [-0.1, -0.05) is 43.2 Å². The lowest BCUT2D eigenvalue weighted by Gasteiger charge is -2.28. The number of piperidine rings is 1. The van der Waals surface area contributed by atoms with Crippen molar-refractivity contribution in [2.75, 3.05) is 23.7 Å². The molecule has 5 nitrogen and oxygen atoms in total. The summed E-state index contributed by atoms with van der Waals surface area (Å²) >= 11 is 1.45. The highest BCUT2D eigenvalue weighted by Gasteiger charge is 2.16. The van der Waals surface area contributed by atoms with E-state index in [0.29, 0.717) is 11.8 Å². The molecule has 0 bridgehead atoms. The number of nitrogens with one attached hydrogen (secondary N) is 1. The van der Waals surface area contributed by atoms with E-state index in [2.05, 4.69) is 44.7 Å². The summed E-state index contributed by atoms with van der Waals surface area (Å²) in [6.07, 6.45) is 9.88. The number of hydrogen-bond acceptors (Lipinski definition) is 5. The van der Waals surface area contributed by atoms with E-state index in [0.717, 1.165) is 42.2 Å². The predicted molar refractivity (Wildman–Crippen MR) is 119 cm³/mol. The van der Waals surface area contributed by atoms with Gasteiger partial charge in [0, 0.05) is 30.4 Å². The Bertz CT molecular complexity index is 782. The van der Waals surface area contributed by atoms with Crippen molar-refractivity contribution in [3.8, 4) is 11.3 Å². The number of nitrogens with zero attached hydrogens (tertiary/aromatic N) is 3. The molecule has 2 aromatic rings. The van der Waals surface area contributed by atoms with Crippen molar-refractivity contribution in [3.05, 3.63) is 36.4 Å². The van der Waals surface area contributed by atoms with Gasteiger partial charge in [0.05, 0.1) is 11.4 Å². The van der Waals surface area contributed by atoms with Gasteiger partial charge in [-0.25, -0.2) is 0 Å². The Kier molecular flexibility index (Phi) is 7.04. The smallest absolute Gasteiger partial charge is 0.230 e. The van der Waals surface area contributed by atoms with Crippen molar-refractivity contribution < 1.29 is 4.79 Å². The minimum atomic E-state index is 0.0982. The van der Waals surface area contributed by atoms with E-state index < -0.39 is 0 Å². The highest BCUT2D eigenvalue weighted by atomic mass is 32.2. The zero-order chi connectivity index (χ0) is 19.9. The molecular weight excluding hydrogens is 380 g/mol. The molecule has 1 N–H and O–H groups in total. The van der Waals surface area contributed by atoms with Gasteiger partial charge in [-0.2, -0.15) is 0 Å². The average Bonchev–Trinajstić information content (AvgIpc) is 2.79. The van der Waals surface area contributed by atoms with Gasteiger partial charge in [-0.05, 0) is 56.4 Å². The van der Waals surface area contributed by atoms with Crippen LogP contribution in [0.2, 0.25) is 0 Å². The van der Waals surface area contributed by atoms with Gasteiger partial charge in [0.2, 0.25) is 5.91 Å². The molecular formula is C23H30N4OS. The number of carbonyl (C=O) groups is 1. The van der Waals surface area contributed by atoms with Gasteiger partial charge in [-0.3, -0.25) is 4.79 Å². The summed E-state index contributed by atoms with van der Waals surface area (Å²) in [5, 5.41) is 12.6. The molecule has 1 amide bonds. The monoisotopic (exact) mass is 410 g/mol. The largest absolute Gasteiger partial charge is 0.372 e. The predicted octanol–water partition coefficient (Wildman–Crippen LogP) is 4.67. The van der Waals surface area contributed by atoms with E-state index in [4.69, 9.17) is 0 Å². The first-order chi connectivity index (χ1) is 14.3. The van der Waals surface area contributed by atoms with Gasteiger partial charge < -0.3 is 10.2 Å². The fraction of sp³-hybridized carbons (Fsp3) is 0.522. The molecule has 0 spiro atoms. The van der Waals surface area contributed by atoms with Gasteiger partial charge in [-0.15, -0.1) is 10.2 Å². The molecule has 29 heavy (non-hydrogen) atoms. The Morgan fingerprint density at radius 3 is 2.34 bits per heavy atom. The first-order valence-electron chi connectivity index (χ1n) is 10.9. The van der Waals surface area contributed by atoms with E-state index in [9.17, 15) is 4.79 Å². The molecule has 2 aliphatic rings. The Balaban J connectivity index is 1.28. The Morgan fingerprint density at radius 2 is 1.66 bits per heavy atom. The molecule has 1 saturated carbocycles. The topological polar surface area (TPSA) is 58.1 Å². The molecule has 154 valence electrons. The van der Waals surface area contributed by atoms with Crippen LogP contribution in [0.5, 0.6) is 0 Å². The first-order valence-corrected chi connectivity index (χ1v) is 11.9. The van der Waals surface area contributed by atoms with Gasteiger partial charge in [0.25, 0.3) is 0 Å². The number of anilines is 1. The van der Waals surface area contributed by atoms with Crippen LogP contribution < -0.4 is 10.2 Å². The average molecular weight is 411 g/mol. The van der Waals surface area contributed by atoms with Crippen LogP contribution in [0.3, 0.4) is 0 Å². The molecule has 1 aromatic carbocycles. The van der Waals surface area contributed by atoms with Crippen molar-refractivity contribution in [1.29, 1.82) is 0 Å². The van der Waals surface area contributed by atoms with E-state index >= 15 is 0 Å². The van der Waals surface area contributed by atoms with E-state index in [-0.39, 0.29) is 5.91 Å². The van der Waals surface area contributed by atoms with Crippen LogP contribution in [0.1, 0.15) is 51.4 Å². The summed E-state index contributed by atoms with van der Waals surface area (Å²) in [7, 11) is 0. The first kappa shape index (κ1) is 20.2. The molecule has 0 radical (unpaired) electrons. The summed E-state index contributed by atoms with van der Waals surface area (Å²) in [5.41, 5.74) is 3.23. The zero-order valence-electron chi connectivity index (χ0n) is 17.0. The van der Waals surface area contributed by atoms with Gasteiger partial charge in [0.15, 0.2) is 0 Å². The quantitative estimate of drug-likeness (QED) is 0.701. The molecule has 0 atom stereocenters. The van der Waals surface area contributed by atoms with Crippen LogP contribution in [0, 0.1) is 0 Å². The highest BCUT2D eigenvalue weighted by Crippen LogP contribution is 2.25. The molecule has 1 aromatic heterocycles. The molecule has 2 heterocycles. The zero-order valence-corrected chi connectivity index (χ0v) is 17.8. The summed E-state index contributed by atoms with van der Waals surface area (Å²) in [6, 6.07) is 12.9. The Labute approximate surface area is 177 Å². The molecule has 2 fully saturated rings. The van der Waals surface area contributed by atoms with E-state index in [1.54, 1.807) is 0 Å². The summed E-state index contributed by atoms with van der Waals surface area (Å²) in [5.74, 6) is 0.496. The Hall–Kier alpha value is -2.08. The normalized spacial score (nSPS) is 17.9. The third-order valence-electron chi connectivity index (χ3n) is 5.85. The van der Waals surface area contributed by atoms with Crippen LogP contribution in [0.15, 0.2) is 41.4 Å². The maximum Gasteiger partial charge on any atom is 0.230 e. The second-order valence-electron chi connectivity index (χ2n) is 8.04. The minimum Gasteiger partial charge on any atom is -0.372 e. The number of hydrogen-bond donors (Lipinski definition) is 1. The SMILES string of the molecule is O=C(CSc1ccc(-c2ccc(N3CCCCC3)cc2)nn1)NC1CCCCC1. The maximum absolute atomic E-state index is 12.2. The van der Waals surface area contributed by atoms with Crippen molar-refractivity contribution in [2.24, 2.45) is 0 Å². The molecule has 0 unspecified atom stereocenters. The molecule has 1 aliphatic carbocycles. The van der Waals surface area contributed by atoms with Crippen molar-refractivity contribution in [2.45, 2.75) is 62.4 Å². The third-order valence-corrected chi connectivity index (χ3v) is 6.77. The lowest BCUT2D eigenvalue weighted by Crippen LogP contribution is -2.37. The fourth-order valence-corrected chi connectivity index (χ4v) is 4.83. The number of rotatable bonds is 6. The maximum atomic E-state index is 12.2. The van der Waals surface area contributed by atoms with Crippen molar-refractivity contribution >= 4 is 23.4 Å². The van der Waals surface area contributed by atoms with E-state index in [1.807, 2.05) is 12.1 Å². The second-order valence-corrected chi connectivity index (χ2v) is 9.04. The molecule has 6 heteroatoms. The number of thioether (sulfide) groups is 1. The van der Waals surface area contributed by atoms with Crippen LogP contribution in [-0.4, -0.2) is 41.0 Å². The lowest BCUT2D eigenvalue weighted by molar-refractivity contribution is -0.119. The minimum absolute atomic E-state index is 0.0982. The van der Waals surface area contributed by atoms with Crippen molar-refractivity contribution in [3.63, 3.8) is 0 Å². The Morgan fingerprint density at radius 1 is 0.931 bits per heavy atom. The number of aromatic nitrogens is 2. The molecule has 4 rings (SSSR count). The second kappa shape index (κ2) is 10.1. The van der Waals surface area contributed by atoms with Gasteiger partial charge >= 0.3 is 0 Å². The number of amides is 1. The summed E-state index contributed by atoms with van der Waals surface area (Å²) in [4.78, 5) is 14.6. The van der Waals surface area contributed by atoms with Crippen LogP contribution in [-0.2, 0) is 4.79 Å². The van der Waals surface area contributed by atoms with Crippen LogP contribution >= 0.6 is 11.8 Å². The number of benzene rings is 1. The standard InChI is InChI=1S/C23H30N4OS/c28-22(24-19-7-3-1-4-8-19)17-29-23-14-13-21(25-26-23)18-9-11-20(12-10-18)27-15-5-2-6-16-27/h9-14,19H,1-8,15-17H2,(H,24,28). The molecule has 1 aliphatic heterocycles.